The third-order valence-corrected chi connectivity index (χ3v) is 2.49. The van der Waals surface area contributed by atoms with Crippen LogP contribution in [0.25, 0.3) is 0 Å². The fourth-order valence-electron chi connectivity index (χ4n) is 1.59. The van der Waals surface area contributed by atoms with Crippen LogP contribution in [0.2, 0.25) is 0 Å². The van der Waals surface area contributed by atoms with Crippen LogP contribution in [-0.2, 0) is 6.61 Å². The van der Waals surface area contributed by atoms with Gasteiger partial charge < -0.3 is 20.0 Å². The summed E-state index contributed by atoms with van der Waals surface area (Å²) in [4.78, 5) is 24.6. The molecule has 0 bridgehead atoms. The average molecular weight is 274 g/mol. The predicted molar refractivity (Wildman–Crippen MR) is 68.6 cm³/mol. The summed E-state index contributed by atoms with van der Waals surface area (Å²) in [7, 11) is 0. The molecule has 0 aliphatic heterocycles. The Balaban J connectivity index is 2.15. The minimum Gasteiger partial charge on any atom is -0.481 e. The smallest absolute Gasteiger partial charge is 0.406 e. The quantitative estimate of drug-likeness (QED) is 0.662. The fourth-order valence-corrected chi connectivity index (χ4v) is 1.59. The lowest BCUT2D eigenvalue weighted by atomic mass is 10.1. The molecule has 0 aliphatic carbocycles. The molecule has 102 valence electrons. The van der Waals surface area contributed by atoms with Gasteiger partial charge in [0, 0.05) is 0 Å². The topological polar surface area (TPSA) is 103 Å². The number of nitrogens with zero attached hydrogens (tertiary/aromatic N) is 2. The van der Waals surface area contributed by atoms with Crippen LogP contribution in [0.3, 0.4) is 0 Å². The van der Waals surface area contributed by atoms with E-state index >= 15 is 0 Å². The van der Waals surface area contributed by atoms with Gasteiger partial charge in [0.05, 0.1) is 5.56 Å². The first-order valence-corrected chi connectivity index (χ1v) is 5.62. The highest BCUT2D eigenvalue weighted by molar-refractivity contribution is 5.87. The van der Waals surface area contributed by atoms with Crippen LogP contribution in [0.5, 0.6) is 5.75 Å². The second-order valence-corrected chi connectivity index (χ2v) is 3.88. The van der Waals surface area contributed by atoms with Gasteiger partial charge in [0.15, 0.2) is 0 Å². The first-order valence-electron chi connectivity index (χ1n) is 5.62. The SMILES string of the molecule is O=C(O)c1cccc(COc2cccnc2[N+](=O)[O-])c1. The highest BCUT2D eigenvalue weighted by Crippen LogP contribution is 2.23. The molecule has 1 aromatic carbocycles. The summed E-state index contributed by atoms with van der Waals surface area (Å²) in [6.07, 6.45) is 1.30. The molecular weight excluding hydrogens is 264 g/mol. The third-order valence-electron chi connectivity index (χ3n) is 2.49. The van der Waals surface area contributed by atoms with Crippen molar-refractivity contribution in [2.45, 2.75) is 6.61 Å². The van der Waals surface area contributed by atoms with Crippen molar-refractivity contribution in [3.63, 3.8) is 0 Å². The first kappa shape index (κ1) is 13.5. The zero-order valence-corrected chi connectivity index (χ0v) is 10.2. The van der Waals surface area contributed by atoms with E-state index in [0.29, 0.717) is 5.56 Å². The minimum absolute atomic E-state index is 0.0215. The van der Waals surface area contributed by atoms with Crippen molar-refractivity contribution in [3.8, 4) is 5.75 Å². The van der Waals surface area contributed by atoms with Gasteiger partial charge in [0.2, 0.25) is 5.75 Å². The monoisotopic (exact) mass is 274 g/mol. The van der Waals surface area contributed by atoms with Crippen LogP contribution in [0.1, 0.15) is 15.9 Å². The second kappa shape index (κ2) is 5.79. The maximum atomic E-state index is 10.8. The molecular formula is C13H10N2O5. The third kappa shape index (κ3) is 3.08. The highest BCUT2D eigenvalue weighted by atomic mass is 16.6. The fraction of sp³-hybridized carbons (Fsp3) is 0.0769. The lowest BCUT2D eigenvalue weighted by Crippen LogP contribution is -2.02. The average Bonchev–Trinajstić information content (AvgIpc) is 2.45. The molecule has 20 heavy (non-hydrogen) atoms. The molecule has 7 nitrogen and oxygen atoms in total. The number of nitro groups is 1. The number of carboxylic acid groups (broad SMARTS) is 1. The number of hydrogen-bond acceptors (Lipinski definition) is 5. The zero-order chi connectivity index (χ0) is 14.5. The lowest BCUT2D eigenvalue weighted by molar-refractivity contribution is -0.390. The van der Waals surface area contributed by atoms with E-state index in [2.05, 4.69) is 4.98 Å². The number of rotatable bonds is 5. The Morgan fingerprint density at radius 1 is 1.35 bits per heavy atom. The molecule has 0 spiro atoms. The van der Waals surface area contributed by atoms with Gasteiger partial charge in [0.1, 0.15) is 12.8 Å². The number of aromatic carboxylic acids is 1. The van der Waals surface area contributed by atoms with Gasteiger partial charge in [0.25, 0.3) is 0 Å². The van der Waals surface area contributed by atoms with Crippen molar-refractivity contribution in [1.29, 1.82) is 0 Å². The number of carboxylic acids is 1. The van der Waals surface area contributed by atoms with Crippen molar-refractivity contribution in [1.82, 2.24) is 4.98 Å². The molecule has 0 unspecified atom stereocenters. The Kier molecular flexibility index (Phi) is 3.90. The van der Waals surface area contributed by atoms with Gasteiger partial charge in [-0.2, -0.15) is 0 Å². The summed E-state index contributed by atoms with van der Waals surface area (Å²) in [5.74, 6) is -1.38. The largest absolute Gasteiger partial charge is 0.481 e. The maximum absolute atomic E-state index is 10.8. The van der Waals surface area contributed by atoms with E-state index in [-0.39, 0.29) is 23.7 Å². The first-order chi connectivity index (χ1) is 9.58. The molecule has 0 saturated heterocycles. The Morgan fingerprint density at radius 3 is 2.85 bits per heavy atom. The van der Waals surface area contributed by atoms with Gasteiger partial charge in [-0.15, -0.1) is 0 Å². The number of hydrogen-bond donors (Lipinski definition) is 1. The zero-order valence-electron chi connectivity index (χ0n) is 10.2. The molecule has 1 aromatic heterocycles. The Hall–Kier alpha value is -2.96. The summed E-state index contributed by atoms with van der Waals surface area (Å²) in [5, 5.41) is 19.6. The summed E-state index contributed by atoms with van der Waals surface area (Å²) < 4.78 is 5.32. The summed E-state index contributed by atoms with van der Waals surface area (Å²) in [6, 6.07) is 9.12. The summed E-state index contributed by atoms with van der Waals surface area (Å²) in [6.45, 7) is 0.0215. The molecule has 0 saturated carbocycles. The molecule has 2 aromatic rings. The Labute approximate surface area is 113 Å². The number of benzene rings is 1. The summed E-state index contributed by atoms with van der Waals surface area (Å²) >= 11 is 0. The van der Waals surface area contributed by atoms with Crippen molar-refractivity contribution < 1.29 is 19.6 Å². The van der Waals surface area contributed by atoms with Gasteiger partial charge in [-0.1, -0.05) is 12.1 Å². The van der Waals surface area contributed by atoms with Crippen LogP contribution in [-0.4, -0.2) is 21.0 Å². The van der Waals surface area contributed by atoms with Crippen LogP contribution in [0.4, 0.5) is 5.82 Å². The molecule has 1 heterocycles. The predicted octanol–water partition coefficient (Wildman–Crippen LogP) is 2.27. The van der Waals surface area contributed by atoms with Crippen LogP contribution < -0.4 is 4.74 Å². The lowest BCUT2D eigenvalue weighted by Gasteiger charge is -2.06. The van der Waals surface area contributed by atoms with Gasteiger partial charge in [-0.05, 0) is 39.7 Å². The van der Waals surface area contributed by atoms with E-state index in [1.165, 1.54) is 30.5 Å². The van der Waals surface area contributed by atoms with Gasteiger partial charge >= 0.3 is 11.8 Å². The van der Waals surface area contributed by atoms with E-state index in [4.69, 9.17) is 9.84 Å². The standard InChI is InChI=1S/C13H10N2O5/c16-13(17)10-4-1-3-9(7-10)8-20-11-5-2-6-14-12(11)15(18)19/h1-7H,8H2,(H,16,17). The minimum atomic E-state index is -1.04. The van der Waals surface area contributed by atoms with E-state index in [9.17, 15) is 14.9 Å². The van der Waals surface area contributed by atoms with E-state index < -0.39 is 10.9 Å². The van der Waals surface area contributed by atoms with Crippen molar-refractivity contribution >= 4 is 11.8 Å². The van der Waals surface area contributed by atoms with Crippen molar-refractivity contribution in [3.05, 3.63) is 63.8 Å². The van der Waals surface area contributed by atoms with Crippen LogP contribution in [0.15, 0.2) is 42.6 Å². The van der Waals surface area contributed by atoms with E-state index in [1.54, 1.807) is 12.1 Å². The molecule has 2 rings (SSSR count). The Morgan fingerprint density at radius 2 is 2.15 bits per heavy atom. The number of carbonyl (C=O) groups is 1. The normalized spacial score (nSPS) is 10.0. The second-order valence-electron chi connectivity index (χ2n) is 3.88. The highest BCUT2D eigenvalue weighted by Gasteiger charge is 2.15. The summed E-state index contributed by atoms with van der Waals surface area (Å²) in [5.41, 5.74) is 0.731. The molecule has 0 fully saturated rings. The Bertz CT molecular complexity index is 657. The van der Waals surface area contributed by atoms with Crippen molar-refractivity contribution in [2.24, 2.45) is 0 Å². The number of pyridine rings is 1. The maximum Gasteiger partial charge on any atom is 0.406 e. The van der Waals surface area contributed by atoms with E-state index in [1.807, 2.05) is 0 Å². The van der Waals surface area contributed by atoms with Crippen LogP contribution in [0, 0.1) is 10.1 Å². The van der Waals surface area contributed by atoms with Gasteiger partial charge in [-0.25, -0.2) is 4.79 Å². The van der Waals surface area contributed by atoms with E-state index in [0.717, 1.165) is 0 Å². The van der Waals surface area contributed by atoms with Crippen LogP contribution >= 0.6 is 0 Å². The molecule has 0 radical (unpaired) electrons. The number of ether oxygens (including phenoxy) is 1. The number of aromatic nitrogens is 1. The molecule has 7 heteroatoms. The van der Waals surface area contributed by atoms with Gasteiger partial charge in [-0.3, -0.25) is 0 Å². The molecule has 0 amide bonds. The molecule has 0 aliphatic rings. The van der Waals surface area contributed by atoms with Crippen molar-refractivity contribution in [2.75, 3.05) is 0 Å². The molecule has 0 atom stereocenters. The molecule has 1 N–H and O–H groups in total.